The van der Waals surface area contributed by atoms with Crippen LogP contribution in [0.4, 0.5) is 18.0 Å². The predicted octanol–water partition coefficient (Wildman–Crippen LogP) is 4.88. The Balaban J connectivity index is 1.55. The number of unbranched alkanes of at least 4 members (excludes halogenated alkanes) is 1. The van der Waals surface area contributed by atoms with Gasteiger partial charge < -0.3 is 24.9 Å². The average Bonchev–Trinajstić information content (AvgIpc) is 2.92. The van der Waals surface area contributed by atoms with Gasteiger partial charge in [-0.3, -0.25) is 9.59 Å². The summed E-state index contributed by atoms with van der Waals surface area (Å²) in [6.45, 7) is 2.86. The van der Waals surface area contributed by atoms with Gasteiger partial charge in [-0.2, -0.15) is 13.2 Å². The van der Waals surface area contributed by atoms with Gasteiger partial charge in [-0.05, 0) is 82.2 Å². The maximum atomic E-state index is 13.7. The zero-order valence-corrected chi connectivity index (χ0v) is 24.8. The van der Waals surface area contributed by atoms with Crippen LogP contribution in [0, 0.1) is 6.92 Å². The van der Waals surface area contributed by atoms with Gasteiger partial charge >= 0.3 is 12.2 Å². The van der Waals surface area contributed by atoms with E-state index in [1.165, 1.54) is 4.90 Å². The molecule has 2 fully saturated rings. The van der Waals surface area contributed by atoms with Gasteiger partial charge in [0.05, 0.1) is 12.1 Å². The third-order valence-corrected chi connectivity index (χ3v) is 7.89. The largest absolute Gasteiger partial charge is 0.416 e. The van der Waals surface area contributed by atoms with E-state index in [2.05, 4.69) is 10.2 Å². The van der Waals surface area contributed by atoms with Crippen molar-refractivity contribution in [2.45, 2.75) is 64.1 Å². The number of rotatable bonds is 9. The van der Waals surface area contributed by atoms with Crippen molar-refractivity contribution < 1.29 is 27.6 Å². The summed E-state index contributed by atoms with van der Waals surface area (Å²) in [4.78, 5) is 47.2. The van der Waals surface area contributed by atoms with Crippen molar-refractivity contribution >= 4 is 29.4 Å². The molecule has 2 saturated heterocycles. The number of hydrogen-bond acceptors (Lipinski definition) is 4. The standard InChI is InChI=1S/C30H37ClF3N5O3/c1-20-14-22(16-23(15-20)30(32,33)34)17-35-29(42)38-13-11-27(40)39-25(6-4-5-12-36(2)3)28(41)37(19-26(38)39)18-21-7-9-24(31)10-8-21/h7-10,14-16,25-26H,4-6,11-13,17-19H2,1-3H3,(H,35,42)/t25-,26+/m0/s1. The fourth-order valence-electron chi connectivity index (χ4n) is 5.62. The van der Waals surface area contributed by atoms with E-state index in [9.17, 15) is 27.6 Å². The molecule has 0 aliphatic carbocycles. The van der Waals surface area contributed by atoms with Crippen molar-refractivity contribution in [3.63, 3.8) is 0 Å². The molecule has 0 aromatic heterocycles. The highest BCUT2D eigenvalue weighted by Gasteiger charge is 2.48. The number of benzene rings is 2. The molecule has 2 atom stereocenters. The maximum Gasteiger partial charge on any atom is 0.416 e. The van der Waals surface area contributed by atoms with Crippen molar-refractivity contribution in [2.24, 2.45) is 0 Å². The number of hydrogen-bond donors (Lipinski definition) is 1. The number of aryl methyl sites for hydroxylation is 1. The van der Waals surface area contributed by atoms with Gasteiger partial charge in [-0.25, -0.2) is 4.79 Å². The lowest BCUT2D eigenvalue weighted by molar-refractivity contribution is -0.167. The molecule has 2 aliphatic heterocycles. The molecule has 0 unspecified atom stereocenters. The minimum atomic E-state index is -4.50. The summed E-state index contributed by atoms with van der Waals surface area (Å²) in [5, 5.41) is 3.32. The fourth-order valence-corrected chi connectivity index (χ4v) is 5.75. The Morgan fingerprint density at radius 1 is 1.07 bits per heavy atom. The number of nitrogens with one attached hydrogen (secondary N) is 1. The van der Waals surface area contributed by atoms with Gasteiger partial charge in [0.25, 0.3) is 0 Å². The number of nitrogens with zero attached hydrogens (tertiary/aromatic N) is 4. The summed E-state index contributed by atoms with van der Waals surface area (Å²) in [6.07, 6.45) is -3.10. The molecule has 0 bridgehead atoms. The Bertz CT molecular complexity index is 1290. The van der Waals surface area contributed by atoms with Gasteiger partial charge in [-0.15, -0.1) is 0 Å². The molecule has 0 spiro atoms. The molecule has 4 amide bonds. The third kappa shape index (κ3) is 7.74. The van der Waals surface area contributed by atoms with Crippen LogP contribution >= 0.6 is 11.6 Å². The summed E-state index contributed by atoms with van der Waals surface area (Å²) < 4.78 is 40.0. The Labute approximate surface area is 249 Å². The van der Waals surface area contributed by atoms with E-state index in [4.69, 9.17) is 11.6 Å². The van der Waals surface area contributed by atoms with Crippen LogP contribution in [0.5, 0.6) is 0 Å². The highest BCUT2D eigenvalue weighted by atomic mass is 35.5. The number of carbonyl (C=O) groups is 3. The Morgan fingerprint density at radius 3 is 2.45 bits per heavy atom. The molecule has 8 nitrogen and oxygen atoms in total. The van der Waals surface area contributed by atoms with Crippen molar-refractivity contribution in [2.75, 3.05) is 33.7 Å². The monoisotopic (exact) mass is 607 g/mol. The minimum Gasteiger partial charge on any atom is -0.334 e. The third-order valence-electron chi connectivity index (χ3n) is 7.64. The first-order valence-corrected chi connectivity index (χ1v) is 14.4. The normalized spacial score (nSPS) is 19.4. The molecule has 228 valence electrons. The first-order chi connectivity index (χ1) is 19.8. The lowest BCUT2D eigenvalue weighted by atomic mass is 9.98. The number of fused-ring (bicyclic) bond motifs is 1. The van der Waals surface area contributed by atoms with E-state index in [0.29, 0.717) is 29.1 Å². The SMILES string of the molecule is Cc1cc(CNC(=O)N2CCC(=O)N3[C@@H]2CN(Cc2ccc(Cl)cc2)C(=O)[C@@H]3CCCCN(C)C)cc(C(F)(F)F)c1. The topological polar surface area (TPSA) is 76.2 Å². The summed E-state index contributed by atoms with van der Waals surface area (Å²) >= 11 is 6.04. The molecular weight excluding hydrogens is 571 g/mol. The highest BCUT2D eigenvalue weighted by molar-refractivity contribution is 6.30. The molecule has 0 radical (unpaired) electrons. The van der Waals surface area contributed by atoms with Gasteiger partial charge in [0.15, 0.2) is 0 Å². The molecule has 2 aromatic rings. The van der Waals surface area contributed by atoms with E-state index in [0.717, 1.165) is 37.1 Å². The summed E-state index contributed by atoms with van der Waals surface area (Å²) in [5.41, 5.74) is 0.847. The second kappa shape index (κ2) is 13.3. The molecule has 1 N–H and O–H groups in total. The smallest absolute Gasteiger partial charge is 0.334 e. The summed E-state index contributed by atoms with van der Waals surface area (Å²) in [6, 6.07) is 9.63. The molecule has 0 saturated carbocycles. The van der Waals surface area contributed by atoms with Crippen molar-refractivity contribution in [3.8, 4) is 0 Å². The van der Waals surface area contributed by atoms with Crippen molar-refractivity contribution in [1.29, 1.82) is 0 Å². The number of amides is 4. The first kappa shape index (κ1) is 31.6. The summed E-state index contributed by atoms with van der Waals surface area (Å²) in [7, 11) is 3.95. The van der Waals surface area contributed by atoms with Crippen LogP contribution in [-0.4, -0.2) is 83.4 Å². The zero-order valence-electron chi connectivity index (χ0n) is 24.1. The molecule has 2 aromatic carbocycles. The van der Waals surface area contributed by atoms with Crippen LogP contribution in [0.3, 0.4) is 0 Å². The van der Waals surface area contributed by atoms with Gasteiger partial charge in [0.2, 0.25) is 11.8 Å². The number of urea groups is 1. The minimum absolute atomic E-state index is 0.0608. The van der Waals surface area contributed by atoms with Crippen LogP contribution < -0.4 is 5.32 Å². The molecular formula is C30H37ClF3N5O3. The van der Waals surface area contributed by atoms with Crippen LogP contribution in [-0.2, 0) is 28.9 Å². The Hall–Kier alpha value is -3.31. The number of carbonyl (C=O) groups excluding carboxylic acids is 3. The van der Waals surface area contributed by atoms with Crippen LogP contribution in [0.15, 0.2) is 42.5 Å². The first-order valence-electron chi connectivity index (χ1n) is 14.0. The van der Waals surface area contributed by atoms with Crippen LogP contribution in [0.1, 0.15) is 47.9 Å². The summed E-state index contributed by atoms with van der Waals surface area (Å²) in [5.74, 6) is -0.351. The molecule has 2 aliphatic rings. The highest BCUT2D eigenvalue weighted by Crippen LogP contribution is 2.31. The molecule has 4 rings (SSSR count). The fraction of sp³-hybridized carbons (Fsp3) is 0.500. The lowest BCUT2D eigenvalue weighted by Crippen LogP contribution is -2.71. The molecule has 12 heteroatoms. The predicted molar refractivity (Wildman–Crippen MR) is 153 cm³/mol. The van der Waals surface area contributed by atoms with Crippen molar-refractivity contribution in [1.82, 2.24) is 24.9 Å². The Morgan fingerprint density at radius 2 is 1.79 bits per heavy atom. The van der Waals surface area contributed by atoms with E-state index in [1.807, 2.05) is 26.2 Å². The van der Waals surface area contributed by atoms with E-state index >= 15 is 0 Å². The lowest BCUT2D eigenvalue weighted by Gasteiger charge is -2.52. The average molecular weight is 608 g/mol. The second-order valence-electron chi connectivity index (χ2n) is 11.2. The number of piperazine rings is 1. The zero-order chi connectivity index (χ0) is 30.6. The van der Waals surface area contributed by atoms with Crippen molar-refractivity contribution in [3.05, 3.63) is 69.7 Å². The van der Waals surface area contributed by atoms with Gasteiger partial charge in [0, 0.05) is 31.1 Å². The molecule has 42 heavy (non-hydrogen) atoms. The maximum absolute atomic E-state index is 13.7. The van der Waals surface area contributed by atoms with E-state index in [-0.39, 0.29) is 37.9 Å². The Kier molecular flexibility index (Phi) is 10.0. The second-order valence-corrected chi connectivity index (χ2v) is 11.7. The molecule has 2 heterocycles. The number of alkyl halides is 3. The van der Waals surface area contributed by atoms with Gasteiger partial charge in [0.1, 0.15) is 12.2 Å². The van der Waals surface area contributed by atoms with E-state index < -0.39 is 30.0 Å². The van der Waals surface area contributed by atoms with Crippen LogP contribution in [0.2, 0.25) is 5.02 Å². The van der Waals surface area contributed by atoms with Gasteiger partial charge in [-0.1, -0.05) is 35.4 Å². The van der Waals surface area contributed by atoms with E-state index in [1.54, 1.807) is 34.9 Å². The van der Waals surface area contributed by atoms with Crippen LogP contribution in [0.25, 0.3) is 0 Å². The number of halogens is 4. The quantitative estimate of drug-likeness (QED) is 0.413.